The maximum atomic E-state index is 5.87. The fourth-order valence-corrected chi connectivity index (χ4v) is 4.93. The van der Waals surface area contributed by atoms with Crippen LogP contribution in [0.2, 0.25) is 0 Å². The predicted molar refractivity (Wildman–Crippen MR) is 83.9 cm³/mol. The Balaban J connectivity index is 1.56. The molecule has 2 saturated carbocycles. The second kappa shape index (κ2) is 7.26. The van der Waals surface area contributed by atoms with E-state index in [9.17, 15) is 0 Å². The van der Waals surface area contributed by atoms with Crippen LogP contribution in [-0.4, -0.2) is 24.8 Å². The third kappa shape index (κ3) is 3.57. The molecule has 4 unspecified atom stereocenters. The van der Waals surface area contributed by atoms with Gasteiger partial charge in [-0.1, -0.05) is 44.9 Å². The SMILES string of the molecule is CC(NC1CCCCC1C1CCCCC1)C1CCCO1. The van der Waals surface area contributed by atoms with Crippen LogP contribution >= 0.6 is 0 Å². The highest BCUT2D eigenvalue weighted by Gasteiger charge is 2.34. The molecule has 3 fully saturated rings. The fraction of sp³-hybridized carbons (Fsp3) is 1.00. The minimum absolute atomic E-state index is 0.476. The van der Waals surface area contributed by atoms with E-state index < -0.39 is 0 Å². The Morgan fingerprint density at radius 1 is 0.850 bits per heavy atom. The molecule has 3 rings (SSSR count). The highest BCUT2D eigenvalue weighted by Crippen LogP contribution is 2.38. The lowest BCUT2D eigenvalue weighted by Crippen LogP contribution is -2.49. The molecule has 2 heteroatoms. The van der Waals surface area contributed by atoms with Crippen molar-refractivity contribution in [3.8, 4) is 0 Å². The van der Waals surface area contributed by atoms with Crippen molar-refractivity contribution in [2.75, 3.05) is 6.61 Å². The molecule has 0 amide bonds. The molecule has 1 N–H and O–H groups in total. The van der Waals surface area contributed by atoms with Gasteiger partial charge in [-0.05, 0) is 44.4 Å². The van der Waals surface area contributed by atoms with Crippen LogP contribution in [0.5, 0.6) is 0 Å². The topological polar surface area (TPSA) is 21.3 Å². The normalized spacial score (nSPS) is 38.0. The van der Waals surface area contributed by atoms with Gasteiger partial charge in [0, 0.05) is 18.7 Å². The van der Waals surface area contributed by atoms with Crippen molar-refractivity contribution in [3.05, 3.63) is 0 Å². The Bertz CT molecular complexity index is 281. The average Bonchev–Trinajstić information content (AvgIpc) is 3.03. The standard InChI is InChI=1S/C18H33NO/c1-14(18-12-7-13-20-18)19-17-11-6-5-10-16(17)15-8-3-2-4-9-15/h14-19H,2-13H2,1H3. The van der Waals surface area contributed by atoms with Gasteiger partial charge in [-0.15, -0.1) is 0 Å². The molecule has 2 aliphatic carbocycles. The number of hydrogen-bond acceptors (Lipinski definition) is 2. The Morgan fingerprint density at radius 3 is 2.35 bits per heavy atom. The van der Waals surface area contributed by atoms with Crippen molar-refractivity contribution in [3.63, 3.8) is 0 Å². The summed E-state index contributed by atoms with van der Waals surface area (Å²) < 4.78 is 5.87. The number of rotatable bonds is 4. The summed E-state index contributed by atoms with van der Waals surface area (Å²) in [5.41, 5.74) is 0. The van der Waals surface area contributed by atoms with E-state index in [0.717, 1.165) is 24.5 Å². The zero-order valence-electron chi connectivity index (χ0n) is 13.3. The molecule has 1 aliphatic heterocycles. The van der Waals surface area contributed by atoms with Gasteiger partial charge in [0.25, 0.3) is 0 Å². The van der Waals surface area contributed by atoms with Crippen LogP contribution < -0.4 is 5.32 Å². The second-order valence-corrected chi connectivity index (χ2v) is 7.46. The molecule has 0 radical (unpaired) electrons. The van der Waals surface area contributed by atoms with E-state index in [-0.39, 0.29) is 0 Å². The van der Waals surface area contributed by atoms with Gasteiger partial charge in [-0.3, -0.25) is 0 Å². The molecule has 2 nitrogen and oxygen atoms in total. The van der Waals surface area contributed by atoms with Crippen LogP contribution in [0.1, 0.15) is 77.6 Å². The highest BCUT2D eigenvalue weighted by atomic mass is 16.5. The Morgan fingerprint density at radius 2 is 1.60 bits per heavy atom. The number of hydrogen-bond donors (Lipinski definition) is 1. The van der Waals surface area contributed by atoms with Crippen LogP contribution in [0.3, 0.4) is 0 Å². The van der Waals surface area contributed by atoms with E-state index in [0.29, 0.717) is 12.1 Å². The number of nitrogens with one attached hydrogen (secondary N) is 1. The summed E-state index contributed by atoms with van der Waals surface area (Å²) in [6.45, 7) is 3.33. The van der Waals surface area contributed by atoms with Crippen molar-refractivity contribution >= 4 is 0 Å². The van der Waals surface area contributed by atoms with Gasteiger partial charge < -0.3 is 10.1 Å². The van der Waals surface area contributed by atoms with Gasteiger partial charge in [-0.2, -0.15) is 0 Å². The van der Waals surface area contributed by atoms with E-state index in [1.54, 1.807) is 0 Å². The first-order valence-electron chi connectivity index (χ1n) is 9.22. The molecule has 0 aromatic heterocycles. The highest BCUT2D eigenvalue weighted by molar-refractivity contribution is 4.90. The van der Waals surface area contributed by atoms with Gasteiger partial charge in [0.1, 0.15) is 0 Å². The Kier molecular flexibility index (Phi) is 5.39. The molecule has 0 aromatic carbocycles. The first-order valence-corrected chi connectivity index (χ1v) is 9.22. The quantitative estimate of drug-likeness (QED) is 0.829. The van der Waals surface area contributed by atoms with Gasteiger partial charge in [0.05, 0.1) is 6.10 Å². The van der Waals surface area contributed by atoms with Gasteiger partial charge in [-0.25, -0.2) is 0 Å². The summed E-state index contributed by atoms with van der Waals surface area (Å²) >= 11 is 0. The zero-order valence-corrected chi connectivity index (χ0v) is 13.3. The maximum absolute atomic E-state index is 5.87. The lowest BCUT2D eigenvalue weighted by Gasteiger charge is -2.41. The zero-order chi connectivity index (χ0) is 13.8. The molecule has 0 bridgehead atoms. The second-order valence-electron chi connectivity index (χ2n) is 7.46. The van der Waals surface area contributed by atoms with E-state index in [1.807, 2.05) is 0 Å². The van der Waals surface area contributed by atoms with Crippen LogP contribution in [0.25, 0.3) is 0 Å². The maximum Gasteiger partial charge on any atom is 0.0726 e. The first kappa shape index (κ1) is 14.8. The molecule has 0 spiro atoms. The van der Waals surface area contributed by atoms with Gasteiger partial charge in [0.15, 0.2) is 0 Å². The van der Waals surface area contributed by atoms with Crippen LogP contribution in [0.4, 0.5) is 0 Å². The van der Waals surface area contributed by atoms with Crippen LogP contribution in [-0.2, 0) is 4.74 Å². The van der Waals surface area contributed by atoms with Crippen molar-refractivity contribution in [1.29, 1.82) is 0 Å². The van der Waals surface area contributed by atoms with E-state index in [4.69, 9.17) is 4.74 Å². The minimum atomic E-state index is 0.476. The molecule has 3 aliphatic rings. The summed E-state index contributed by atoms with van der Waals surface area (Å²) in [6, 6.07) is 1.32. The summed E-state index contributed by atoms with van der Waals surface area (Å²) in [7, 11) is 0. The first-order chi connectivity index (χ1) is 9.84. The summed E-state index contributed by atoms with van der Waals surface area (Å²) in [5, 5.41) is 3.98. The minimum Gasteiger partial charge on any atom is -0.377 e. The molecule has 1 saturated heterocycles. The third-order valence-electron chi connectivity index (χ3n) is 6.07. The summed E-state index contributed by atoms with van der Waals surface area (Å²) in [5.74, 6) is 1.96. The van der Waals surface area contributed by atoms with E-state index >= 15 is 0 Å². The Labute approximate surface area is 125 Å². The van der Waals surface area contributed by atoms with Gasteiger partial charge >= 0.3 is 0 Å². The molecular weight excluding hydrogens is 246 g/mol. The molecule has 0 aromatic rings. The predicted octanol–water partition coefficient (Wildman–Crippen LogP) is 4.28. The van der Waals surface area contributed by atoms with Crippen molar-refractivity contribution in [2.24, 2.45) is 11.8 Å². The molecule has 4 atom stereocenters. The molecule has 116 valence electrons. The summed E-state index contributed by atoms with van der Waals surface area (Å²) in [6.07, 6.45) is 16.2. The number of ether oxygens (including phenoxy) is 1. The van der Waals surface area contributed by atoms with Gasteiger partial charge in [0.2, 0.25) is 0 Å². The van der Waals surface area contributed by atoms with E-state index in [1.165, 1.54) is 70.6 Å². The average molecular weight is 279 g/mol. The Hall–Kier alpha value is -0.0800. The molecule has 20 heavy (non-hydrogen) atoms. The van der Waals surface area contributed by atoms with Crippen molar-refractivity contribution in [2.45, 2.75) is 95.7 Å². The van der Waals surface area contributed by atoms with Crippen LogP contribution in [0, 0.1) is 11.8 Å². The van der Waals surface area contributed by atoms with Crippen molar-refractivity contribution < 1.29 is 4.74 Å². The monoisotopic (exact) mass is 279 g/mol. The van der Waals surface area contributed by atoms with Crippen molar-refractivity contribution in [1.82, 2.24) is 5.32 Å². The van der Waals surface area contributed by atoms with Crippen LogP contribution in [0.15, 0.2) is 0 Å². The molecular formula is C18H33NO. The molecule has 1 heterocycles. The lowest BCUT2D eigenvalue weighted by atomic mass is 9.70. The lowest BCUT2D eigenvalue weighted by molar-refractivity contribution is 0.0643. The smallest absolute Gasteiger partial charge is 0.0726 e. The van der Waals surface area contributed by atoms with E-state index in [2.05, 4.69) is 12.2 Å². The largest absolute Gasteiger partial charge is 0.377 e. The summed E-state index contributed by atoms with van der Waals surface area (Å²) in [4.78, 5) is 0. The third-order valence-corrected chi connectivity index (χ3v) is 6.07. The fourth-order valence-electron chi connectivity index (χ4n) is 4.93.